The number of hydrazine groups is 1. The predicted octanol–water partition coefficient (Wildman–Crippen LogP) is 2.76. The van der Waals surface area contributed by atoms with E-state index in [4.69, 9.17) is 10.6 Å². The van der Waals surface area contributed by atoms with Crippen LogP contribution in [0.1, 0.15) is 12.0 Å². The highest BCUT2D eigenvalue weighted by Gasteiger charge is 2.39. The van der Waals surface area contributed by atoms with Gasteiger partial charge in [-0.1, -0.05) is 11.8 Å². The molecule has 34 heavy (non-hydrogen) atoms. The zero-order valence-electron chi connectivity index (χ0n) is 17.1. The second-order valence-electron chi connectivity index (χ2n) is 6.23. The van der Waals surface area contributed by atoms with E-state index in [9.17, 15) is 37.2 Å². The van der Waals surface area contributed by atoms with Crippen LogP contribution in [0.3, 0.4) is 0 Å². The Hall–Kier alpha value is -3.70. The lowest BCUT2D eigenvalue weighted by molar-refractivity contribution is -0.110. The van der Waals surface area contributed by atoms with Gasteiger partial charge in [-0.25, -0.2) is 15.2 Å². The third-order valence-corrected chi connectivity index (χ3v) is 5.01. The highest BCUT2D eigenvalue weighted by Crippen LogP contribution is 2.39. The molecule has 0 bridgehead atoms. The van der Waals surface area contributed by atoms with Crippen LogP contribution in [0.15, 0.2) is 52.0 Å². The van der Waals surface area contributed by atoms with Crippen LogP contribution in [-0.2, 0) is 14.4 Å². The maximum absolute atomic E-state index is 14.6. The molecule has 0 aliphatic heterocycles. The largest absolute Gasteiger partial charge is 0.476 e. The van der Waals surface area contributed by atoms with Crippen LogP contribution in [0.25, 0.3) is 0 Å². The average Bonchev–Trinajstić information content (AvgIpc) is 2.78. The molecule has 8 nitrogen and oxygen atoms in total. The number of aromatic nitrogens is 1. The molecule has 0 unspecified atom stereocenters. The summed E-state index contributed by atoms with van der Waals surface area (Å²) < 4.78 is 60.5. The number of allylic oxidation sites excluding steroid dienone is 2. The van der Waals surface area contributed by atoms with Crippen LogP contribution in [-0.4, -0.2) is 43.2 Å². The molecule has 0 atom stereocenters. The first kappa shape index (κ1) is 26.6. The Kier molecular flexibility index (Phi) is 9.34. The van der Waals surface area contributed by atoms with Crippen molar-refractivity contribution in [2.24, 2.45) is 5.84 Å². The van der Waals surface area contributed by atoms with Gasteiger partial charge in [-0.05, 0) is 24.3 Å². The number of carbonyl (C=O) groups excluding carboxylic acids is 3. The van der Waals surface area contributed by atoms with Crippen LogP contribution in [0.2, 0.25) is 0 Å². The van der Waals surface area contributed by atoms with Gasteiger partial charge in [-0.3, -0.25) is 5.01 Å². The van der Waals surface area contributed by atoms with Gasteiger partial charge in [0.05, 0.1) is 28.9 Å². The summed E-state index contributed by atoms with van der Waals surface area (Å²) in [4.78, 5) is 36.8. The minimum Gasteiger partial charge on any atom is -0.476 e. The average molecular weight is 493 g/mol. The number of nitrogens with two attached hydrogens (primary N) is 1. The van der Waals surface area contributed by atoms with Crippen molar-refractivity contribution in [1.82, 2.24) is 4.98 Å². The number of pyridine rings is 1. The Bertz CT molecular complexity index is 1150. The molecule has 1 heterocycles. The molecule has 2 rings (SSSR count). The molecule has 2 aromatic rings. The molecule has 1 aromatic heterocycles. The maximum atomic E-state index is 14.6. The number of benzene rings is 1. The van der Waals surface area contributed by atoms with Gasteiger partial charge in [0.25, 0.3) is 7.28 Å². The van der Waals surface area contributed by atoms with Crippen LogP contribution in [0, 0.1) is 17.1 Å². The van der Waals surface area contributed by atoms with E-state index in [-0.39, 0.29) is 46.6 Å². The molecule has 175 valence electrons. The molecule has 0 saturated carbocycles. The fourth-order valence-corrected chi connectivity index (χ4v) is 3.42. The Morgan fingerprint density at radius 3 is 2.68 bits per heavy atom. The standard InChI is InChI=1S/C20H14BF4N4O4S/c22-13-7-12(10-26)16(34-15-3-1-4-28-19(15)33-6-2-5-30)8-14(13)29(27)17(20(23,24)25)9-18(32)21-11-31/h1,3-5,7-9,11H,2,6,27H2/b17-9-. The molecule has 0 saturated heterocycles. The van der Waals surface area contributed by atoms with Gasteiger partial charge >= 0.3 is 6.18 Å². The number of nitrogens with zero attached hydrogens (tertiary/aromatic N) is 3. The summed E-state index contributed by atoms with van der Waals surface area (Å²) in [6.45, 7) is 0.00992. The SMILES string of the molecule is N#Cc1cc(F)c(N(N)/C(=C\C(=O)[B]C=O)C(F)(F)F)cc1Sc1cccnc1OCCC=O. The minimum atomic E-state index is -5.18. The molecular formula is C20H14BF4N4O4S. The normalized spacial score (nSPS) is 11.4. The molecule has 2 N–H and O–H groups in total. The third-order valence-electron chi connectivity index (χ3n) is 3.92. The number of ether oxygens (including phenoxy) is 1. The van der Waals surface area contributed by atoms with Gasteiger partial charge in [0.15, 0.2) is 0 Å². The Balaban J connectivity index is 2.52. The molecule has 14 heteroatoms. The molecule has 0 spiro atoms. The molecule has 0 aliphatic rings. The van der Waals surface area contributed by atoms with Gasteiger partial charge < -0.3 is 19.1 Å². The lowest BCUT2D eigenvalue weighted by Gasteiger charge is -2.25. The summed E-state index contributed by atoms with van der Waals surface area (Å²) in [5.41, 5.74) is -4.06. The number of aldehydes is 1. The molecule has 0 aliphatic carbocycles. The number of alkyl halides is 3. The van der Waals surface area contributed by atoms with Crippen molar-refractivity contribution in [3.63, 3.8) is 0 Å². The van der Waals surface area contributed by atoms with Gasteiger partial charge in [0.2, 0.25) is 5.88 Å². The van der Waals surface area contributed by atoms with Crippen molar-refractivity contribution in [3.8, 4) is 11.9 Å². The number of halogens is 4. The van der Waals surface area contributed by atoms with Crippen molar-refractivity contribution in [3.05, 3.63) is 53.6 Å². The summed E-state index contributed by atoms with van der Waals surface area (Å²) in [5, 5.41) is 9.28. The van der Waals surface area contributed by atoms with E-state index in [0.717, 1.165) is 17.8 Å². The van der Waals surface area contributed by atoms with Crippen molar-refractivity contribution >= 4 is 42.9 Å². The monoisotopic (exact) mass is 493 g/mol. The van der Waals surface area contributed by atoms with Crippen molar-refractivity contribution in [2.45, 2.75) is 22.4 Å². The maximum Gasteiger partial charge on any atom is 0.432 e. The fourth-order valence-electron chi connectivity index (χ4n) is 2.45. The van der Waals surface area contributed by atoms with E-state index < -0.39 is 29.1 Å². The van der Waals surface area contributed by atoms with Gasteiger partial charge in [0, 0.05) is 23.6 Å². The third kappa shape index (κ3) is 6.90. The topological polar surface area (TPSA) is 126 Å². The Labute approximate surface area is 195 Å². The number of nitriles is 1. The summed E-state index contributed by atoms with van der Waals surface area (Å²) in [5.74, 6) is 4.34. The van der Waals surface area contributed by atoms with Crippen LogP contribution in [0.4, 0.5) is 23.2 Å². The number of hydrogen-bond acceptors (Lipinski definition) is 9. The fraction of sp³-hybridized carbons (Fsp3) is 0.150. The highest BCUT2D eigenvalue weighted by atomic mass is 32.2. The summed E-state index contributed by atoms with van der Waals surface area (Å²) >= 11 is 0.838. The van der Waals surface area contributed by atoms with E-state index in [1.54, 1.807) is 6.07 Å². The van der Waals surface area contributed by atoms with E-state index in [0.29, 0.717) is 24.5 Å². The van der Waals surface area contributed by atoms with Crippen LogP contribution < -0.4 is 15.6 Å². The van der Waals surface area contributed by atoms with Crippen LogP contribution >= 0.6 is 11.8 Å². The van der Waals surface area contributed by atoms with Crippen molar-refractivity contribution in [2.75, 3.05) is 11.6 Å². The quantitative estimate of drug-likeness (QED) is 0.0957. The van der Waals surface area contributed by atoms with Gasteiger partial charge in [0.1, 0.15) is 29.6 Å². The first-order valence-electron chi connectivity index (χ1n) is 9.21. The van der Waals surface area contributed by atoms with E-state index in [1.807, 2.05) is 0 Å². The van der Waals surface area contributed by atoms with E-state index in [2.05, 4.69) is 4.98 Å². The number of rotatable bonds is 11. The molecule has 0 fully saturated rings. The first-order valence-corrected chi connectivity index (χ1v) is 10.0. The van der Waals surface area contributed by atoms with Crippen LogP contribution in [0.5, 0.6) is 5.88 Å². The highest BCUT2D eigenvalue weighted by molar-refractivity contribution is 7.99. The summed E-state index contributed by atoms with van der Waals surface area (Å²) in [6.07, 6.45) is -3.03. The molecule has 1 radical (unpaired) electrons. The molecule has 0 amide bonds. The summed E-state index contributed by atoms with van der Waals surface area (Å²) in [6, 6.07) is 6.39. The summed E-state index contributed by atoms with van der Waals surface area (Å²) in [7, 11) is 0.338. The van der Waals surface area contributed by atoms with Gasteiger partial charge in [-0.2, -0.15) is 18.4 Å². The smallest absolute Gasteiger partial charge is 0.432 e. The predicted molar refractivity (Wildman–Crippen MR) is 114 cm³/mol. The second-order valence-corrected chi connectivity index (χ2v) is 7.31. The van der Waals surface area contributed by atoms with E-state index >= 15 is 0 Å². The Morgan fingerprint density at radius 2 is 2.06 bits per heavy atom. The van der Waals surface area contributed by atoms with Gasteiger partial charge in [-0.15, -0.1) is 0 Å². The minimum absolute atomic E-state index is 0.00657. The zero-order valence-corrected chi connectivity index (χ0v) is 17.9. The molecule has 1 aromatic carbocycles. The van der Waals surface area contributed by atoms with E-state index in [1.165, 1.54) is 18.3 Å². The lowest BCUT2D eigenvalue weighted by Crippen LogP contribution is -2.38. The zero-order chi connectivity index (χ0) is 25.3. The number of hydrogen-bond donors (Lipinski definition) is 1. The van der Waals surface area contributed by atoms with Crippen molar-refractivity contribution in [1.29, 1.82) is 5.26 Å². The number of carbonyl (C=O) groups is 3. The second kappa shape index (κ2) is 12.0. The number of anilines is 1. The molecular weight excluding hydrogens is 479 g/mol. The van der Waals surface area contributed by atoms with Crippen molar-refractivity contribution < 1.29 is 36.7 Å². The Morgan fingerprint density at radius 1 is 1.32 bits per heavy atom. The lowest BCUT2D eigenvalue weighted by atomic mass is 9.75. The first-order chi connectivity index (χ1) is 16.1.